The van der Waals surface area contributed by atoms with Crippen molar-refractivity contribution < 1.29 is 14.7 Å². The summed E-state index contributed by atoms with van der Waals surface area (Å²) in [6.45, 7) is 1.55. The average molecular weight is 502 g/mol. The number of rotatable bonds is 5. The molecule has 0 atom stereocenters. The van der Waals surface area contributed by atoms with Crippen LogP contribution in [0.1, 0.15) is 52.0 Å². The van der Waals surface area contributed by atoms with E-state index in [0.717, 1.165) is 49.9 Å². The van der Waals surface area contributed by atoms with Crippen molar-refractivity contribution in [3.8, 4) is 5.69 Å². The molecule has 0 spiro atoms. The number of halogens is 1. The zero-order chi connectivity index (χ0) is 25.0. The first-order valence-corrected chi connectivity index (χ1v) is 12.4. The van der Waals surface area contributed by atoms with Crippen molar-refractivity contribution in [2.45, 2.75) is 31.2 Å². The molecular weight excluding hydrogens is 478 g/mol. The molecule has 182 valence electrons. The van der Waals surface area contributed by atoms with Crippen molar-refractivity contribution in [3.63, 3.8) is 0 Å². The Hall–Kier alpha value is -3.84. The lowest BCUT2D eigenvalue weighted by Gasteiger charge is -2.18. The molecule has 1 saturated carbocycles. The smallest absolute Gasteiger partial charge is 0.335 e. The number of likely N-dealkylation sites (tertiary alicyclic amines) is 1. The van der Waals surface area contributed by atoms with E-state index in [2.05, 4.69) is 0 Å². The van der Waals surface area contributed by atoms with Crippen molar-refractivity contribution in [1.82, 2.24) is 14.0 Å². The fourth-order valence-corrected chi connectivity index (χ4v) is 5.56. The van der Waals surface area contributed by atoms with Crippen LogP contribution in [0.15, 0.2) is 71.5 Å². The van der Waals surface area contributed by atoms with E-state index in [4.69, 9.17) is 11.6 Å². The maximum Gasteiger partial charge on any atom is 0.335 e. The minimum atomic E-state index is -1.00. The van der Waals surface area contributed by atoms with Crippen molar-refractivity contribution in [2.75, 3.05) is 13.1 Å². The normalized spacial score (nSPS) is 16.4. The van der Waals surface area contributed by atoms with Crippen LogP contribution in [-0.2, 0) is 5.54 Å². The van der Waals surface area contributed by atoms with Crippen LogP contribution in [-0.4, -0.2) is 44.1 Å². The lowest BCUT2D eigenvalue weighted by Crippen LogP contribution is -2.32. The van der Waals surface area contributed by atoms with E-state index in [1.807, 2.05) is 17.0 Å². The maximum absolute atomic E-state index is 14.0. The molecule has 1 aliphatic heterocycles. The number of imidazole rings is 1. The molecule has 1 amide bonds. The number of benzene rings is 3. The van der Waals surface area contributed by atoms with Crippen molar-refractivity contribution in [3.05, 3.63) is 98.9 Å². The van der Waals surface area contributed by atoms with Crippen molar-refractivity contribution in [1.29, 1.82) is 0 Å². The van der Waals surface area contributed by atoms with E-state index in [1.54, 1.807) is 63.7 Å². The largest absolute Gasteiger partial charge is 0.478 e. The van der Waals surface area contributed by atoms with Gasteiger partial charge in [-0.3, -0.25) is 13.9 Å². The summed E-state index contributed by atoms with van der Waals surface area (Å²) in [4.78, 5) is 40.2. The standard InChI is InChI=1S/C28H24ClN3O4/c29-21-8-11-23-24(17-21)31(22-9-6-18(7-10-22)25(33)30-14-1-2-15-30)27(36)32(23)28(12-13-28)20-5-3-4-19(16-20)26(34)35/h3-11,16-17H,1-2,12-15H2,(H,34,35). The SMILES string of the molecule is O=C(O)c1cccc(C2(n3c(=O)n(-c4ccc(C(=O)N5CCCC5)cc4)c4cc(Cl)ccc43)CC2)c1. The number of carbonyl (C=O) groups is 2. The van der Waals surface area contributed by atoms with Gasteiger partial charge < -0.3 is 10.0 Å². The van der Waals surface area contributed by atoms with E-state index < -0.39 is 11.5 Å². The second kappa shape index (κ2) is 8.38. The summed E-state index contributed by atoms with van der Waals surface area (Å²) in [6, 6.07) is 19.3. The summed E-state index contributed by atoms with van der Waals surface area (Å²) in [6.07, 6.45) is 3.50. The molecule has 0 radical (unpaired) electrons. The third-order valence-corrected chi connectivity index (χ3v) is 7.60. The van der Waals surface area contributed by atoms with Crippen LogP contribution in [0.3, 0.4) is 0 Å². The molecular formula is C28H24ClN3O4. The number of aromatic carboxylic acids is 1. The molecule has 1 aromatic heterocycles. The Labute approximate surface area is 212 Å². The van der Waals surface area contributed by atoms with Crippen LogP contribution in [0.5, 0.6) is 0 Å². The zero-order valence-electron chi connectivity index (χ0n) is 19.5. The Kier molecular flexibility index (Phi) is 5.26. The van der Waals surface area contributed by atoms with E-state index in [-0.39, 0.29) is 17.2 Å². The molecule has 6 rings (SSSR count). The highest BCUT2D eigenvalue weighted by Gasteiger charge is 2.49. The van der Waals surface area contributed by atoms with Gasteiger partial charge in [0.25, 0.3) is 5.91 Å². The topological polar surface area (TPSA) is 84.5 Å². The number of hydrogen-bond donors (Lipinski definition) is 1. The number of carboxylic acid groups (broad SMARTS) is 1. The van der Waals surface area contributed by atoms with Gasteiger partial charge in [0.2, 0.25) is 0 Å². The number of amides is 1. The van der Waals surface area contributed by atoms with Crippen LogP contribution in [0.2, 0.25) is 5.02 Å². The van der Waals surface area contributed by atoms with Gasteiger partial charge in [0, 0.05) is 23.7 Å². The average Bonchev–Trinajstić information content (AvgIpc) is 3.37. The molecule has 2 aliphatic rings. The number of hydrogen-bond acceptors (Lipinski definition) is 3. The molecule has 2 heterocycles. The highest BCUT2D eigenvalue weighted by atomic mass is 35.5. The Morgan fingerprint density at radius 3 is 2.25 bits per heavy atom. The van der Waals surface area contributed by atoms with Crippen LogP contribution >= 0.6 is 11.6 Å². The Balaban J connectivity index is 1.48. The molecule has 3 aromatic carbocycles. The van der Waals surface area contributed by atoms with Gasteiger partial charge in [-0.2, -0.15) is 0 Å². The van der Waals surface area contributed by atoms with E-state index in [9.17, 15) is 19.5 Å². The van der Waals surface area contributed by atoms with Gasteiger partial charge in [0.15, 0.2) is 0 Å². The van der Waals surface area contributed by atoms with E-state index >= 15 is 0 Å². The third-order valence-electron chi connectivity index (χ3n) is 7.37. The second-order valence-corrected chi connectivity index (χ2v) is 9.99. The summed E-state index contributed by atoms with van der Waals surface area (Å²) in [7, 11) is 0. The number of carboxylic acids is 1. The molecule has 0 bridgehead atoms. The van der Waals surface area contributed by atoms with E-state index in [0.29, 0.717) is 21.8 Å². The molecule has 4 aromatic rings. The monoisotopic (exact) mass is 501 g/mol. The van der Waals surface area contributed by atoms with Crippen LogP contribution in [0, 0.1) is 0 Å². The minimum Gasteiger partial charge on any atom is -0.478 e. The quantitative estimate of drug-likeness (QED) is 0.421. The van der Waals surface area contributed by atoms with Gasteiger partial charge in [-0.15, -0.1) is 0 Å². The number of nitrogens with zero attached hydrogens (tertiary/aromatic N) is 3. The zero-order valence-corrected chi connectivity index (χ0v) is 20.2. The molecule has 1 saturated heterocycles. The van der Waals surface area contributed by atoms with Gasteiger partial charge >= 0.3 is 11.7 Å². The first-order chi connectivity index (χ1) is 17.4. The molecule has 8 heteroatoms. The molecule has 1 N–H and O–H groups in total. The van der Waals surface area contributed by atoms with Crippen LogP contribution in [0.4, 0.5) is 0 Å². The van der Waals surface area contributed by atoms with Gasteiger partial charge in [0.1, 0.15) is 0 Å². The molecule has 2 fully saturated rings. The highest BCUT2D eigenvalue weighted by molar-refractivity contribution is 6.31. The van der Waals surface area contributed by atoms with Gasteiger partial charge in [-0.05, 0) is 85.8 Å². The van der Waals surface area contributed by atoms with Crippen molar-refractivity contribution in [2.24, 2.45) is 0 Å². The van der Waals surface area contributed by atoms with Crippen LogP contribution < -0.4 is 5.69 Å². The first-order valence-electron chi connectivity index (χ1n) is 12.1. The molecule has 0 unspecified atom stereocenters. The van der Waals surface area contributed by atoms with Gasteiger partial charge in [-0.25, -0.2) is 9.59 Å². The van der Waals surface area contributed by atoms with E-state index in [1.165, 1.54) is 0 Å². The molecule has 7 nitrogen and oxygen atoms in total. The first kappa shape index (κ1) is 22.6. The van der Waals surface area contributed by atoms with Crippen molar-refractivity contribution >= 4 is 34.5 Å². The number of carbonyl (C=O) groups excluding carboxylic acids is 1. The van der Waals surface area contributed by atoms with Gasteiger partial charge in [0.05, 0.1) is 27.8 Å². The Morgan fingerprint density at radius 1 is 0.861 bits per heavy atom. The minimum absolute atomic E-state index is 0.00659. The molecule has 36 heavy (non-hydrogen) atoms. The fourth-order valence-electron chi connectivity index (χ4n) is 5.39. The predicted octanol–water partition coefficient (Wildman–Crippen LogP) is 4.92. The summed E-state index contributed by atoms with van der Waals surface area (Å²) in [5, 5.41) is 10.00. The molecule has 1 aliphatic carbocycles. The third kappa shape index (κ3) is 3.54. The second-order valence-electron chi connectivity index (χ2n) is 9.55. The van der Waals surface area contributed by atoms with Gasteiger partial charge in [-0.1, -0.05) is 23.7 Å². The van der Waals surface area contributed by atoms with Crippen LogP contribution in [0.25, 0.3) is 16.7 Å². The summed E-state index contributed by atoms with van der Waals surface area (Å²) >= 11 is 6.34. The summed E-state index contributed by atoms with van der Waals surface area (Å²) < 4.78 is 3.38. The highest BCUT2D eigenvalue weighted by Crippen LogP contribution is 2.50. The predicted molar refractivity (Wildman–Crippen MR) is 137 cm³/mol. The lowest BCUT2D eigenvalue weighted by atomic mass is 10.0. The number of aromatic nitrogens is 2. The fraction of sp³-hybridized carbons (Fsp3) is 0.250. The maximum atomic E-state index is 14.0. The number of fused-ring (bicyclic) bond motifs is 1. The Morgan fingerprint density at radius 2 is 1.58 bits per heavy atom. The summed E-state index contributed by atoms with van der Waals surface area (Å²) in [5.74, 6) is -0.995. The lowest BCUT2D eigenvalue weighted by molar-refractivity contribution is 0.0696. The Bertz CT molecular complexity index is 1570. The summed E-state index contributed by atoms with van der Waals surface area (Å²) in [5.41, 5.74) is 2.75.